The van der Waals surface area contributed by atoms with E-state index in [0.717, 1.165) is 24.3 Å². The van der Waals surface area contributed by atoms with Crippen molar-refractivity contribution >= 4 is 34.0 Å². The van der Waals surface area contributed by atoms with Crippen molar-refractivity contribution in [1.82, 2.24) is 15.4 Å². The smallest absolute Gasteiger partial charge is 0.269 e. The lowest BCUT2D eigenvalue weighted by Gasteiger charge is -2.29. The fraction of sp³-hybridized carbons (Fsp3) is 0.500. The van der Waals surface area contributed by atoms with Gasteiger partial charge in [-0.1, -0.05) is 0 Å². The summed E-state index contributed by atoms with van der Waals surface area (Å²) >= 11 is 0. The Morgan fingerprint density at radius 1 is 1.35 bits per heavy atom. The summed E-state index contributed by atoms with van der Waals surface area (Å²) in [6, 6.07) is 4.08. The molecule has 1 amide bonds. The summed E-state index contributed by atoms with van der Waals surface area (Å²) in [5.74, 6) is -0.262. The summed E-state index contributed by atoms with van der Waals surface area (Å²) in [5.41, 5.74) is -0.192. The number of nitrogens with zero attached hydrogens (tertiary/aromatic N) is 1. The molecule has 0 saturated carbocycles. The van der Waals surface area contributed by atoms with Crippen molar-refractivity contribution in [3.63, 3.8) is 0 Å². The highest BCUT2D eigenvalue weighted by Crippen LogP contribution is 2.15. The molecule has 0 radical (unpaired) electrons. The maximum Gasteiger partial charge on any atom is 0.269 e. The number of nitro groups is 1. The van der Waals surface area contributed by atoms with Gasteiger partial charge in [0.1, 0.15) is 6.04 Å². The van der Waals surface area contributed by atoms with E-state index in [1.54, 1.807) is 6.92 Å². The number of nitro benzene ring substituents is 1. The summed E-state index contributed by atoms with van der Waals surface area (Å²) < 4.78 is 31.9. The topological polar surface area (TPSA) is 140 Å². The minimum absolute atomic E-state index is 0. The number of ether oxygens (including phenoxy) is 1. The molecule has 1 aliphatic rings. The van der Waals surface area contributed by atoms with Crippen molar-refractivity contribution in [2.75, 3.05) is 26.2 Å². The number of morpholine rings is 1. The molecule has 1 aromatic carbocycles. The van der Waals surface area contributed by atoms with Crippen molar-refractivity contribution in [2.24, 2.45) is 0 Å². The number of rotatable bonds is 7. The van der Waals surface area contributed by atoms with Crippen LogP contribution < -0.4 is 15.4 Å². The van der Waals surface area contributed by atoms with Gasteiger partial charge in [0.25, 0.3) is 5.69 Å². The highest BCUT2D eigenvalue weighted by atomic mass is 35.5. The average Bonchev–Trinajstić information content (AvgIpc) is 2.59. The molecule has 3 N–H and O–H groups in total. The molecule has 0 unspecified atom stereocenters. The Labute approximate surface area is 157 Å². The van der Waals surface area contributed by atoms with Crippen molar-refractivity contribution in [3.8, 4) is 0 Å². The van der Waals surface area contributed by atoms with Crippen molar-refractivity contribution in [2.45, 2.75) is 24.0 Å². The molecule has 12 heteroatoms. The molecule has 0 bridgehead atoms. The number of non-ortho nitro benzene ring substituents is 1. The van der Waals surface area contributed by atoms with Gasteiger partial charge in [-0.2, -0.15) is 0 Å². The molecule has 0 aliphatic carbocycles. The van der Waals surface area contributed by atoms with E-state index in [1.165, 1.54) is 0 Å². The number of amides is 1. The molecule has 10 nitrogen and oxygen atoms in total. The summed E-state index contributed by atoms with van der Waals surface area (Å²) in [5, 5.41) is 16.2. The Balaban J connectivity index is 0.00000338. The normalized spacial score (nSPS) is 20.0. The van der Waals surface area contributed by atoms with Gasteiger partial charge >= 0.3 is 0 Å². The fourth-order valence-electron chi connectivity index (χ4n) is 2.34. The van der Waals surface area contributed by atoms with Gasteiger partial charge in [-0.25, -0.2) is 13.1 Å². The van der Waals surface area contributed by atoms with Gasteiger partial charge in [0.2, 0.25) is 15.9 Å². The number of carbonyl (C=O) groups is 1. The number of sulfonamides is 1. The lowest BCUT2D eigenvalue weighted by molar-refractivity contribution is -0.384. The van der Waals surface area contributed by atoms with Gasteiger partial charge in [0.05, 0.1) is 22.5 Å². The minimum Gasteiger partial charge on any atom is -0.375 e. The first-order chi connectivity index (χ1) is 11.8. The zero-order valence-electron chi connectivity index (χ0n) is 14.0. The summed E-state index contributed by atoms with van der Waals surface area (Å²) in [7, 11) is -3.80. The van der Waals surface area contributed by atoms with E-state index < -0.39 is 21.0 Å². The molecular formula is C14H21ClN4O6S. The van der Waals surface area contributed by atoms with Gasteiger partial charge in [0, 0.05) is 31.8 Å². The van der Waals surface area contributed by atoms with Gasteiger partial charge in [-0.05, 0) is 19.1 Å². The van der Waals surface area contributed by atoms with Crippen LogP contribution in [0.4, 0.5) is 5.69 Å². The number of hydrogen-bond acceptors (Lipinski definition) is 7. The molecule has 1 aromatic rings. The van der Waals surface area contributed by atoms with E-state index in [4.69, 9.17) is 4.74 Å². The Morgan fingerprint density at radius 3 is 2.58 bits per heavy atom. The van der Waals surface area contributed by atoms with Crippen LogP contribution in [0.2, 0.25) is 0 Å². The van der Waals surface area contributed by atoms with Gasteiger partial charge < -0.3 is 15.4 Å². The molecule has 0 aromatic heterocycles. The molecular weight excluding hydrogens is 388 g/mol. The monoisotopic (exact) mass is 408 g/mol. The van der Waals surface area contributed by atoms with E-state index in [-0.39, 0.29) is 48.1 Å². The van der Waals surface area contributed by atoms with Crippen LogP contribution in [0.1, 0.15) is 6.92 Å². The van der Waals surface area contributed by atoms with Crippen LogP contribution in [0.5, 0.6) is 0 Å². The number of benzene rings is 1. The van der Waals surface area contributed by atoms with E-state index >= 15 is 0 Å². The SMILES string of the molecule is C[C@H]1OCCN[C@@H]1C(=O)NCCNS(=O)(=O)c1ccc([N+](=O)[O-])cc1.Cl. The van der Waals surface area contributed by atoms with E-state index in [9.17, 15) is 23.3 Å². The number of carbonyl (C=O) groups excluding carboxylic acids is 1. The molecule has 1 saturated heterocycles. The molecule has 2 rings (SSSR count). The van der Waals surface area contributed by atoms with Crippen molar-refractivity contribution < 1.29 is 22.9 Å². The second kappa shape index (κ2) is 9.78. The van der Waals surface area contributed by atoms with Gasteiger partial charge in [-0.3, -0.25) is 14.9 Å². The van der Waals surface area contributed by atoms with Crippen LogP contribution in [0.25, 0.3) is 0 Å². The van der Waals surface area contributed by atoms with Crippen LogP contribution in [0.3, 0.4) is 0 Å². The highest BCUT2D eigenvalue weighted by Gasteiger charge is 2.27. The third kappa shape index (κ3) is 5.88. The van der Waals surface area contributed by atoms with Crippen LogP contribution in [0, 0.1) is 10.1 Å². The molecule has 0 spiro atoms. The van der Waals surface area contributed by atoms with Gasteiger partial charge in [-0.15, -0.1) is 12.4 Å². The standard InChI is InChI=1S/C14H20N4O6S.ClH/c1-10-13(15-8-9-24-10)14(19)16-6-7-17-25(22,23)12-4-2-11(3-5-12)18(20)21;/h2-5,10,13,15,17H,6-9H2,1H3,(H,16,19);1H/t10-,13+;/m1./s1. The Morgan fingerprint density at radius 2 is 2.00 bits per heavy atom. The predicted molar refractivity (Wildman–Crippen MR) is 95.7 cm³/mol. The maximum absolute atomic E-state index is 12.1. The first kappa shape index (κ1) is 22.3. The van der Waals surface area contributed by atoms with Crippen LogP contribution >= 0.6 is 12.4 Å². The van der Waals surface area contributed by atoms with Crippen LogP contribution in [-0.2, 0) is 19.6 Å². The Bertz CT molecular complexity index is 727. The van der Waals surface area contributed by atoms with E-state index in [0.29, 0.717) is 13.2 Å². The second-order valence-corrected chi connectivity index (χ2v) is 7.21. The summed E-state index contributed by atoms with van der Waals surface area (Å²) in [6.07, 6.45) is -0.259. The molecule has 1 heterocycles. The predicted octanol–water partition coefficient (Wildman–Crippen LogP) is -0.212. The highest BCUT2D eigenvalue weighted by molar-refractivity contribution is 7.89. The zero-order valence-corrected chi connectivity index (χ0v) is 15.6. The quantitative estimate of drug-likeness (QED) is 0.322. The van der Waals surface area contributed by atoms with Crippen molar-refractivity contribution in [3.05, 3.63) is 34.4 Å². The van der Waals surface area contributed by atoms with E-state index in [1.807, 2.05) is 0 Å². The largest absolute Gasteiger partial charge is 0.375 e. The second-order valence-electron chi connectivity index (χ2n) is 5.45. The molecule has 2 atom stereocenters. The van der Waals surface area contributed by atoms with Gasteiger partial charge in [0.15, 0.2) is 0 Å². The number of hydrogen-bond donors (Lipinski definition) is 3. The first-order valence-corrected chi connectivity index (χ1v) is 9.16. The first-order valence-electron chi connectivity index (χ1n) is 7.68. The van der Waals surface area contributed by atoms with E-state index in [2.05, 4.69) is 15.4 Å². The molecule has 146 valence electrons. The molecule has 1 aliphatic heterocycles. The lowest BCUT2D eigenvalue weighted by atomic mass is 10.1. The maximum atomic E-state index is 12.1. The molecule has 1 fully saturated rings. The third-order valence-electron chi connectivity index (χ3n) is 3.67. The molecule has 26 heavy (non-hydrogen) atoms. The minimum atomic E-state index is -3.80. The van der Waals surface area contributed by atoms with Crippen LogP contribution in [0.15, 0.2) is 29.2 Å². The Hall–Kier alpha value is -1.79. The Kier molecular flexibility index (Phi) is 8.37. The van der Waals surface area contributed by atoms with Crippen molar-refractivity contribution in [1.29, 1.82) is 0 Å². The fourth-order valence-corrected chi connectivity index (χ4v) is 3.37. The summed E-state index contributed by atoms with van der Waals surface area (Å²) in [4.78, 5) is 21.9. The summed E-state index contributed by atoms with van der Waals surface area (Å²) in [6.45, 7) is 3.01. The van der Waals surface area contributed by atoms with Crippen LogP contribution in [-0.4, -0.2) is 57.6 Å². The lowest BCUT2D eigenvalue weighted by Crippen LogP contribution is -2.56. The average molecular weight is 409 g/mol. The zero-order chi connectivity index (χ0) is 18.4. The number of nitrogens with one attached hydrogen (secondary N) is 3. The number of halogens is 1. The third-order valence-corrected chi connectivity index (χ3v) is 5.15.